The zero-order valence-corrected chi connectivity index (χ0v) is 22.0. The Morgan fingerprint density at radius 2 is 1.50 bits per heavy atom. The van der Waals surface area contributed by atoms with Gasteiger partial charge in [-0.05, 0) is 43.7 Å². The summed E-state index contributed by atoms with van der Waals surface area (Å²) in [7, 11) is 0. The highest BCUT2D eigenvalue weighted by atomic mass is 16.4. The van der Waals surface area contributed by atoms with Gasteiger partial charge in [-0.25, -0.2) is 4.79 Å². The number of hydrogen-bond acceptors (Lipinski definition) is 7. The third kappa shape index (κ3) is 11.7. The molecule has 38 heavy (non-hydrogen) atoms. The van der Waals surface area contributed by atoms with Gasteiger partial charge < -0.3 is 37.6 Å². The maximum Gasteiger partial charge on any atom is 0.326 e. The van der Waals surface area contributed by atoms with Crippen LogP contribution in [0.1, 0.15) is 57.9 Å². The van der Waals surface area contributed by atoms with Crippen LogP contribution in [0.3, 0.4) is 0 Å². The number of amides is 3. The molecule has 12 nitrogen and oxygen atoms in total. The molecule has 5 unspecified atom stereocenters. The standard InChI is InChI=1S/C26H41N5O7/c1-3-16(2)22(31-23(34)18(28)12-13-21(32)33)25(36)29-19(11-7-8-14-27)24(35)30-20(26(37)38)15-17-9-5-4-6-10-17/h4-6,9-10,16,18-20,22H,3,7-8,11-15,27-28H2,1-2H3,(H,29,36)(H,30,35)(H,31,34)(H,32,33)(H,37,38). The molecular weight excluding hydrogens is 494 g/mol. The molecular formula is C26H41N5O7. The predicted octanol–water partition coefficient (Wildman–Crippen LogP) is 0.135. The van der Waals surface area contributed by atoms with Crippen LogP contribution in [0.15, 0.2) is 30.3 Å². The lowest BCUT2D eigenvalue weighted by Crippen LogP contribution is -2.58. The summed E-state index contributed by atoms with van der Waals surface area (Å²) in [5, 5.41) is 26.3. The second kappa shape index (κ2) is 17.1. The summed E-state index contributed by atoms with van der Waals surface area (Å²) in [5.74, 6) is -4.60. The number of carbonyl (C=O) groups is 5. The summed E-state index contributed by atoms with van der Waals surface area (Å²) in [5.41, 5.74) is 12.1. The molecule has 3 amide bonds. The molecule has 0 saturated heterocycles. The van der Waals surface area contributed by atoms with Gasteiger partial charge in [-0.3, -0.25) is 19.2 Å². The van der Waals surface area contributed by atoms with E-state index in [9.17, 15) is 29.1 Å². The normalized spacial score (nSPS) is 14.8. The molecule has 12 heteroatoms. The summed E-state index contributed by atoms with van der Waals surface area (Å²) in [4.78, 5) is 61.6. The van der Waals surface area contributed by atoms with Gasteiger partial charge in [0.1, 0.15) is 18.1 Å². The minimum atomic E-state index is -1.21. The molecule has 0 radical (unpaired) electrons. The molecule has 0 heterocycles. The van der Waals surface area contributed by atoms with Crippen molar-refractivity contribution in [2.75, 3.05) is 6.54 Å². The summed E-state index contributed by atoms with van der Waals surface area (Å²) in [6.45, 7) is 3.96. The van der Waals surface area contributed by atoms with Crippen molar-refractivity contribution in [2.45, 2.75) is 83.0 Å². The zero-order valence-electron chi connectivity index (χ0n) is 22.0. The third-order valence-electron chi connectivity index (χ3n) is 6.28. The van der Waals surface area contributed by atoms with Crippen LogP contribution in [0.2, 0.25) is 0 Å². The number of carboxylic acid groups (broad SMARTS) is 2. The number of nitrogens with one attached hydrogen (secondary N) is 3. The Bertz CT molecular complexity index is 928. The molecule has 0 spiro atoms. The van der Waals surface area contributed by atoms with Gasteiger partial charge in [0, 0.05) is 12.8 Å². The molecule has 0 aliphatic carbocycles. The molecule has 1 rings (SSSR count). The fourth-order valence-electron chi connectivity index (χ4n) is 3.72. The molecule has 0 fully saturated rings. The zero-order chi connectivity index (χ0) is 28.7. The quantitative estimate of drug-likeness (QED) is 0.127. The maximum atomic E-state index is 13.2. The first-order chi connectivity index (χ1) is 18.0. The van der Waals surface area contributed by atoms with E-state index in [2.05, 4.69) is 16.0 Å². The van der Waals surface area contributed by atoms with Crippen molar-refractivity contribution in [3.05, 3.63) is 35.9 Å². The summed E-state index contributed by atoms with van der Waals surface area (Å²) in [6.07, 6.45) is 1.49. The van der Waals surface area contributed by atoms with E-state index < -0.39 is 53.8 Å². The average molecular weight is 536 g/mol. The van der Waals surface area contributed by atoms with Gasteiger partial charge in [0.15, 0.2) is 0 Å². The molecule has 1 aromatic carbocycles. The van der Waals surface area contributed by atoms with Crippen molar-refractivity contribution >= 4 is 29.7 Å². The van der Waals surface area contributed by atoms with Gasteiger partial charge in [-0.15, -0.1) is 0 Å². The number of rotatable bonds is 18. The van der Waals surface area contributed by atoms with Crippen molar-refractivity contribution in [3.8, 4) is 0 Å². The van der Waals surface area contributed by atoms with Crippen molar-refractivity contribution in [2.24, 2.45) is 17.4 Å². The Hall–Kier alpha value is -3.51. The minimum Gasteiger partial charge on any atom is -0.481 e. The molecule has 0 aromatic heterocycles. The molecule has 212 valence electrons. The smallest absolute Gasteiger partial charge is 0.326 e. The van der Waals surface area contributed by atoms with E-state index in [1.54, 1.807) is 37.3 Å². The minimum absolute atomic E-state index is 0.0607. The fraction of sp³-hybridized carbons (Fsp3) is 0.577. The van der Waals surface area contributed by atoms with E-state index in [4.69, 9.17) is 16.6 Å². The Morgan fingerprint density at radius 1 is 0.868 bits per heavy atom. The van der Waals surface area contributed by atoms with Crippen LogP contribution in [0.25, 0.3) is 0 Å². The Balaban J connectivity index is 3.01. The Morgan fingerprint density at radius 3 is 2.05 bits per heavy atom. The van der Waals surface area contributed by atoms with Crippen LogP contribution in [-0.2, 0) is 30.4 Å². The van der Waals surface area contributed by atoms with Crippen LogP contribution in [0.4, 0.5) is 0 Å². The lowest BCUT2D eigenvalue weighted by atomic mass is 9.96. The van der Waals surface area contributed by atoms with Crippen molar-refractivity contribution < 1.29 is 34.2 Å². The van der Waals surface area contributed by atoms with E-state index in [0.29, 0.717) is 25.8 Å². The number of unbranched alkanes of at least 4 members (excludes halogenated alkanes) is 1. The predicted molar refractivity (Wildman–Crippen MR) is 141 cm³/mol. The van der Waals surface area contributed by atoms with E-state index in [0.717, 1.165) is 5.56 Å². The first kappa shape index (κ1) is 32.5. The van der Waals surface area contributed by atoms with Crippen LogP contribution in [0, 0.1) is 5.92 Å². The highest BCUT2D eigenvalue weighted by Gasteiger charge is 2.32. The maximum absolute atomic E-state index is 13.2. The largest absolute Gasteiger partial charge is 0.481 e. The van der Waals surface area contributed by atoms with Gasteiger partial charge in [0.25, 0.3) is 0 Å². The van der Waals surface area contributed by atoms with Crippen LogP contribution in [-0.4, -0.2) is 70.6 Å². The van der Waals surface area contributed by atoms with Crippen LogP contribution < -0.4 is 27.4 Å². The lowest BCUT2D eigenvalue weighted by Gasteiger charge is -2.28. The number of aliphatic carboxylic acids is 2. The van der Waals surface area contributed by atoms with Gasteiger partial charge in [-0.2, -0.15) is 0 Å². The topological polar surface area (TPSA) is 214 Å². The van der Waals surface area contributed by atoms with Crippen molar-refractivity contribution in [1.82, 2.24) is 16.0 Å². The number of carboxylic acids is 2. The number of hydrogen-bond donors (Lipinski definition) is 7. The highest BCUT2D eigenvalue weighted by molar-refractivity contribution is 5.94. The monoisotopic (exact) mass is 535 g/mol. The first-order valence-corrected chi connectivity index (χ1v) is 12.8. The molecule has 0 aliphatic rings. The van der Waals surface area contributed by atoms with Gasteiger partial charge >= 0.3 is 11.9 Å². The second-order valence-corrected chi connectivity index (χ2v) is 9.35. The van der Waals surface area contributed by atoms with Crippen molar-refractivity contribution in [1.29, 1.82) is 0 Å². The van der Waals surface area contributed by atoms with Gasteiger partial charge in [0.05, 0.1) is 6.04 Å². The first-order valence-electron chi connectivity index (χ1n) is 12.8. The van der Waals surface area contributed by atoms with Gasteiger partial charge in [0.2, 0.25) is 17.7 Å². The number of benzene rings is 1. The molecule has 0 aliphatic heterocycles. The van der Waals surface area contributed by atoms with E-state index >= 15 is 0 Å². The molecule has 0 bridgehead atoms. The highest BCUT2D eigenvalue weighted by Crippen LogP contribution is 2.11. The van der Waals surface area contributed by atoms with E-state index in [-0.39, 0.29) is 31.6 Å². The SMILES string of the molecule is CCC(C)C(NC(=O)C(N)CCC(=O)O)C(=O)NC(CCCCN)C(=O)NC(Cc1ccccc1)C(=O)O. The molecule has 0 saturated carbocycles. The Labute approximate surface area is 222 Å². The van der Waals surface area contributed by atoms with Crippen LogP contribution >= 0.6 is 0 Å². The molecule has 9 N–H and O–H groups in total. The summed E-state index contributed by atoms with van der Waals surface area (Å²) in [6, 6.07) is 4.41. The number of carbonyl (C=O) groups excluding carboxylic acids is 3. The summed E-state index contributed by atoms with van der Waals surface area (Å²) < 4.78 is 0. The summed E-state index contributed by atoms with van der Waals surface area (Å²) >= 11 is 0. The molecule has 1 aromatic rings. The van der Waals surface area contributed by atoms with Crippen molar-refractivity contribution in [3.63, 3.8) is 0 Å². The van der Waals surface area contributed by atoms with Crippen LogP contribution in [0.5, 0.6) is 0 Å². The molecule has 5 atom stereocenters. The van der Waals surface area contributed by atoms with E-state index in [1.165, 1.54) is 0 Å². The average Bonchev–Trinajstić information content (AvgIpc) is 2.89. The fourth-order valence-corrected chi connectivity index (χ4v) is 3.72. The van der Waals surface area contributed by atoms with E-state index in [1.807, 2.05) is 6.92 Å². The second-order valence-electron chi connectivity index (χ2n) is 9.35. The number of nitrogens with two attached hydrogens (primary N) is 2. The third-order valence-corrected chi connectivity index (χ3v) is 6.28. The lowest BCUT2D eigenvalue weighted by molar-refractivity contribution is -0.142. The Kier molecular flexibility index (Phi) is 14.6. The van der Waals surface area contributed by atoms with Gasteiger partial charge in [-0.1, -0.05) is 50.6 Å².